The van der Waals surface area contributed by atoms with Crippen molar-refractivity contribution in [1.82, 2.24) is 0 Å². The molecule has 2 aromatic rings. The zero-order valence-electron chi connectivity index (χ0n) is 21.7. The number of methoxy groups -OCH3 is 2. The van der Waals surface area contributed by atoms with E-state index in [1.807, 2.05) is 0 Å². The predicted molar refractivity (Wildman–Crippen MR) is 127 cm³/mol. The Morgan fingerprint density at radius 2 is 1.49 bits per heavy atom. The highest BCUT2D eigenvalue weighted by Crippen LogP contribution is 2.51. The van der Waals surface area contributed by atoms with Gasteiger partial charge in [0.1, 0.15) is 6.10 Å². The van der Waals surface area contributed by atoms with Gasteiger partial charge in [0.15, 0.2) is 11.5 Å². The van der Waals surface area contributed by atoms with E-state index < -0.39 is 59.2 Å². The molecule has 0 spiro atoms. The van der Waals surface area contributed by atoms with Crippen LogP contribution >= 0.6 is 0 Å². The van der Waals surface area contributed by atoms with E-state index in [0.717, 1.165) is 6.92 Å². The topological polar surface area (TPSA) is 74.3 Å². The Morgan fingerprint density at radius 1 is 0.949 bits per heavy atom. The van der Waals surface area contributed by atoms with Crippen molar-refractivity contribution in [1.29, 1.82) is 0 Å². The van der Waals surface area contributed by atoms with Gasteiger partial charge in [-0.3, -0.25) is 9.69 Å². The van der Waals surface area contributed by atoms with Crippen LogP contribution in [0.3, 0.4) is 0 Å². The Labute approximate surface area is 220 Å². The summed E-state index contributed by atoms with van der Waals surface area (Å²) in [6.07, 6.45) is -12.5. The molecule has 0 radical (unpaired) electrons. The van der Waals surface area contributed by atoms with E-state index in [0.29, 0.717) is 12.1 Å². The van der Waals surface area contributed by atoms with Gasteiger partial charge in [0.2, 0.25) is 0 Å². The summed E-state index contributed by atoms with van der Waals surface area (Å²) in [4.78, 5) is 26.3. The molecule has 1 aliphatic rings. The maximum atomic E-state index is 13.6. The molecule has 1 amide bonds. The standard InChI is InChI=1S/C26H27F6NO6/c1-6-38-24(35)33-13(2)7-19(18-11-21(36-4)22(37-5)12-20(18)33)23(39-14(3)34)15-8-16(25(27,28)29)10-17(9-15)26(30,31)32/h8-13,19,23H,6-7H2,1-5H3/t13-,19-,23-/m0/s1. The first-order valence-electron chi connectivity index (χ1n) is 11.8. The summed E-state index contributed by atoms with van der Waals surface area (Å²) >= 11 is 0. The van der Waals surface area contributed by atoms with Gasteiger partial charge in [0, 0.05) is 24.9 Å². The molecule has 0 saturated carbocycles. The van der Waals surface area contributed by atoms with Gasteiger partial charge in [0.25, 0.3) is 0 Å². The fourth-order valence-electron chi connectivity index (χ4n) is 4.69. The fourth-order valence-corrected chi connectivity index (χ4v) is 4.69. The Bertz CT molecular complexity index is 1200. The minimum Gasteiger partial charge on any atom is -0.493 e. The molecule has 0 saturated heterocycles. The van der Waals surface area contributed by atoms with Crippen molar-refractivity contribution in [3.8, 4) is 11.5 Å². The number of carbonyl (C=O) groups excluding carboxylic acids is 2. The van der Waals surface area contributed by atoms with Gasteiger partial charge >= 0.3 is 24.4 Å². The SMILES string of the molecule is CCOC(=O)N1c2cc(OC)c(OC)cc2[C@@H]([C@@H](OC(C)=O)c2cc(C(F)(F)F)cc(C(F)(F)F)c2)C[C@@H]1C. The highest BCUT2D eigenvalue weighted by molar-refractivity contribution is 5.91. The zero-order valence-corrected chi connectivity index (χ0v) is 21.7. The fraction of sp³-hybridized carbons (Fsp3) is 0.462. The molecule has 2 aromatic carbocycles. The Morgan fingerprint density at radius 3 is 1.95 bits per heavy atom. The molecule has 0 N–H and O–H groups in total. The monoisotopic (exact) mass is 563 g/mol. The van der Waals surface area contributed by atoms with Crippen LogP contribution in [0.2, 0.25) is 0 Å². The molecule has 0 bridgehead atoms. The van der Waals surface area contributed by atoms with Crippen LogP contribution in [0.5, 0.6) is 11.5 Å². The second-order valence-electron chi connectivity index (χ2n) is 8.90. The summed E-state index contributed by atoms with van der Waals surface area (Å²) in [5, 5.41) is 0. The lowest BCUT2D eigenvalue weighted by atomic mass is 9.79. The first-order chi connectivity index (χ1) is 18.1. The van der Waals surface area contributed by atoms with Gasteiger partial charge in [-0.25, -0.2) is 4.79 Å². The molecule has 0 aromatic heterocycles. The third kappa shape index (κ3) is 6.34. The summed E-state index contributed by atoms with van der Waals surface area (Å²) < 4.78 is 103. The van der Waals surface area contributed by atoms with Gasteiger partial charge in [-0.1, -0.05) is 0 Å². The maximum absolute atomic E-state index is 13.6. The second-order valence-corrected chi connectivity index (χ2v) is 8.90. The number of ether oxygens (including phenoxy) is 4. The van der Waals surface area contributed by atoms with E-state index >= 15 is 0 Å². The zero-order chi connectivity index (χ0) is 29.3. The van der Waals surface area contributed by atoms with Crippen LogP contribution in [0.25, 0.3) is 0 Å². The van der Waals surface area contributed by atoms with E-state index in [4.69, 9.17) is 18.9 Å². The summed E-state index contributed by atoms with van der Waals surface area (Å²) in [6, 6.07) is 3.31. The van der Waals surface area contributed by atoms with E-state index in [2.05, 4.69) is 0 Å². The van der Waals surface area contributed by atoms with E-state index in [-0.39, 0.29) is 41.8 Å². The molecule has 39 heavy (non-hydrogen) atoms. The Kier molecular flexibility index (Phi) is 8.61. The number of anilines is 1. The number of carbonyl (C=O) groups is 2. The number of amides is 1. The molecule has 13 heteroatoms. The number of rotatable bonds is 6. The molecular weight excluding hydrogens is 536 g/mol. The first-order valence-corrected chi connectivity index (χ1v) is 11.8. The Balaban J connectivity index is 2.31. The third-order valence-corrected chi connectivity index (χ3v) is 6.29. The van der Waals surface area contributed by atoms with Crippen molar-refractivity contribution in [3.63, 3.8) is 0 Å². The summed E-state index contributed by atoms with van der Waals surface area (Å²) in [7, 11) is 2.69. The molecule has 3 rings (SSSR count). The van der Waals surface area contributed by atoms with Crippen molar-refractivity contribution < 1.29 is 54.9 Å². The van der Waals surface area contributed by atoms with Gasteiger partial charge in [-0.2, -0.15) is 26.3 Å². The van der Waals surface area contributed by atoms with Crippen molar-refractivity contribution in [2.45, 2.75) is 57.6 Å². The first kappa shape index (κ1) is 29.9. The number of alkyl halides is 6. The van der Waals surface area contributed by atoms with Crippen molar-refractivity contribution in [3.05, 3.63) is 52.6 Å². The number of fused-ring (bicyclic) bond motifs is 1. The molecule has 1 aliphatic heterocycles. The van der Waals surface area contributed by atoms with Crippen LogP contribution in [-0.2, 0) is 26.6 Å². The lowest BCUT2D eigenvalue weighted by molar-refractivity contribution is -0.148. The molecule has 0 fully saturated rings. The van der Waals surface area contributed by atoms with Crippen LogP contribution in [0.4, 0.5) is 36.8 Å². The van der Waals surface area contributed by atoms with Crippen molar-refractivity contribution in [2.24, 2.45) is 0 Å². The van der Waals surface area contributed by atoms with Crippen molar-refractivity contribution >= 4 is 17.7 Å². The quantitative estimate of drug-likeness (QED) is 0.282. The van der Waals surface area contributed by atoms with E-state index in [9.17, 15) is 35.9 Å². The number of esters is 1. The minimum absolute atomic E-state index is 0.00213. The van der Waals surface area contributed by atoms with Crippen molar-refractivity contribution in [2.75, 3.05) is 25.7 Å². The maximum Gasteiger partial charge on any atom is 0.416 e. The number of halogens is 6. The van der Waals surface area contributed by atoms with Crippen LogP contribution < -0.4 is 14.4 Å². The van der Waals surface area contributed by atoms with Crippen LogP contribution in [0.15, 0.2) is 30.3 Å². The summed E-state index contributed by atoms with van der Waals surface area (Å²) in [5.74, 6) is -1.51. The van der Waals surface area contributed by atoms with Gasteiger partial charge in [-0.05, 0) is 55.7 Å². The van der Waals surface area contributed by atoms with Crippen LogP contribution in [-0.4, -0.2) is 38.9 Å². The number of benzene rings is 2. The van der Waals surface area contributed by atoms with Gasteiger partial charge in [0.05, 0.1) is 37.6 Å². The summed E-state index contributed by atoms with van der Waals surface area (Å²) in [5.41, 5.74) is -3.11. The van der Waals surface area contributed by atoms with Crippen LogP contribution in [0, 0.1) is 0 Å². The highest BCUT2D eigenvalue weighted by Gasteiger charge is 2.43. The highest BCUT2D eigenvalue weighted by atomic mass is 19.4. The average molecular weight is 563 g/mol. The number of nitrogens with zero attached hydrogens (tertiary/aromatic N) is 1. The third-order valence-electron chi connectivity index (χ3n) is 6.29. The lowest BCUT2D eigenvalue weighted by Crippen LogP contribution is -2.44. The van der Waals surface area contributed by atoms with Gasteiger partial charge in [-0.15, -0.1) is 0 Å². The molecule has 7 nitrogen and oxygen atoms in total. The molecule has 3 atom stereocenters. The second kappa shape index (κ2) is 11.2. The minimum atomic E-state index is -5.11. The molecule has 1 heterocycles. The smallest absolute Gasteiger partial charge is 0.416 e. The Hall–Kier alpha value is -3.64. The summed E-state index contributed by atoms with van der Waals surface area (Å²) in [6.45, 7) is 4.28. The average Bonchev–Trinajstić information content (AvgIpc) is 2.84. The van der Waals surface area contributed by atoms with E-state index in [1.165, 1.54) is 31.3 Å². The van der Waals surface area contributed by atoms with Crippen LogP contribution in [0.1, 0.15) is 61.5 Å². The molecular formula is C26H27F6NO6. The normalized spacial score (nSPS) is 18.2. The molecule has 214 valence electrons. The largest absolute Gasteiger partial charge is 0.493 e. The number of hydrogen-bond donors (Lipinski definition) is 0. The predicted octanol–water partition coefficient (Wildman–Crippen LogP) is 6.88. The molecule has 0 unspecified atom stereocenters. The van der Waals surface area contributed by atoms with E-state index in [1.54, 1.807) is 13.8 Å². The molecule has 0 aliphatic carbocycles. The van der Waals surface area contributed by atoms with Gasteiger partial charge < -0.3 is 18.9 Å². The number of hydrogen-bond acceptors (Lipinski definition) is 6. The lowest BCUT2D eigenvalue weighted by Gasteiger charge is -2.41.